The molecule has 0 N–H and O–H groups in total. The van der Waals surface area contributed by atoms with Crippen molar-refractivity contribution in [3.8, 4) is 17.6 Å². The van der Waals surface area contributed by atoms with E-state index in [1.165, 1.54) is 62.6 Å². The van der Waals surface area contributed by atoms with Crippen LogP contribution in [0.5, 0.6) is 5.75 Å². The van der Waals surface area contributed by atoms with Crippen LogP contribution in [0.3, 0.4) is 0 Å². The van der Waals surface area contributed by atoms with Crippen molar-refractivity contribution < 1.29 is 22.3 Å². The fraction of sp³-hybridized carbons (Fsp3) is 0.400. The van der Waals surface area contributed by atoms with Crippen molar-refractivity contribution in [1.29, 1.82) is 0 Å². The number of fused-ring (bicyclic) bond motifs is 1. The maximum absolute atomic E-state index is 15.2. The van der Waals surface area contributed by atoms with Crippen molar-refractivity contribution in [3.05, 3.63) is 77.1 Å². The third-order valence-corrected chi connectivity index (χ3v) is 6.86. The molecule has 0 unspecified atom stereocenters. The molecule has 1 fully saturated rings. The molecule has 0 radical (unpaired) electrons. The molecule has 35 heavy (non-hydrogen) atoms. The van der Waals surface area contributed by atoms with Gasteiger partial charge >= 0.3 is 6.18 Å². The SMILES string of the molecule is CCCCC1CCC(c2ccc3c(F)c(C#Cc4ccc(OCC(F)(F)F)cc4)ccc3c2)CC1. The standard InChI is InChI=1S/C30H30F4O/c1-2-3-4-21-5-10-23(11-6-21)25-15-18-28-26(19-25)14-13-24(29(28)31)12-7-22-8-16-27(17-9-22)35-20-30(32,33)34/h8-9,13-19,21,23H,2-6,10-11,20H2,1H3. The van der Waals surface area contributed by atoms with Gasteiger partial charge < -0.3 is 4.74 Å². The van der Waals surface area contributed by atoms with E-state index in [9.17, 15) is 13.2 Å². The molecule has 3 aromatic carbocycles. The van der Waals surface area contributed by atoms with Crippen molar-refractivity contribution in [3.63, 3.8) is 0 Å². The Morgan fingerprint density at radius 1 is 0.914 bits per heavy atom. The summed E-state index contributed by atoms with van der Waals surface area (Å²) in [6.07, 6.45) is 4.49. The Kier molecular flexibility index (Phi) is 8.00. The number of alkyl halides is 3. The molecule has 0 atom stereocenters. The Bertz CT molecular complexity index is 1190. The van der Waals surface area contributed by atoms with E-state index in [0.29, 0.717) is 22.4 Å². The van der Waals surface area contributed by atoms with E-state index in [1.807, 2.05) is 12.1 Å². The number of hydrogen-bond donors (Lipinski definition) is 0. The van der Waals surface area contributed by atoms with E-state index in [-0.39, 0.29) is 11.6 Å². The maximum Gasteiger partial charge on any atom is 0.422 e. The van der Waals surface area contributed by atoms with Crippen LogP contribution < -0.4 is 4.74 Å². The number of rotatable bonds is 6. The van der Waals surface area contributed by atoms with Gasteiger partial charge in [0.25, 0.3) is 0 Å². The minimum absolute atomic E-state index is 0.106. The maximum atomic E-state index is 15.2. The average molecular weight is 483 g/mol. The summed E-state index contributed by atoms with van der Waals surface area (Å²) in [5.41, 5.74) is 2.14. The van der Waals surface area contributed by atoms with E-state index >= 15 is 4.39 Å². The van der Waals surface area contributed by atoms with Crippen LogP contribution in [0.1, 0.15) is 74.5 Å². The number of ether oxygens (including phenoxy) is 1. The van der Waals surface area contributed by atoms with Crippen LogP contribution in [0, 0.1) is 23.6 Å². The molecule has 1 aliphatic rings. The molecule has 0 aromatic heterocycles. The van der Waals surface area contributed by atoms with Gasteiger partial charge in [-0.2, -0.15) is 13.2 Å². The van der Waals surface area contributed by atoms with Crippen LogP contribution in [0.15, 0.2) is 54.6 Å². The van der Waals surface area contributed by atoms with E-state index in [0.717, 1.165) is 11.3 Å². The first-order chi connectivity index (χ1) is 16.8. The normalized spacial score (nSPS) is 18.2. The minimum atomic E-state index is -4.39. The van der Waals surface area contributed by atoms with Gasteiger partial charge in [0.05, 0.1) is 5.56 Å². The van der Waals surface area contributed by atoms with Crippen molar-refractivity contribution in [2.24, 2.45) is 5.92 Å². The van der Waals surface area contributed by atoms with Gasteiger partial charge in [-0.3, -0.25) is 0 Å². The van der Waals surface area contributed by atoms with Gasteiger partial charge in [-0.25, -0.2) is 4.39 Å². The Balaban J connectivity index is 1.44. The van der Waals surface area contributed by atoms with Gasteiger partial charge in [0.1, 0.15) is 11.6 Å². The predicted octanol–water partition coefficient (Wildman–Crippen LogP) is 8.78. The average Bonchev–Trinajstić information content (AvgIpc) is 2.86. The second-order valence-corrected chi connectivity index (χ2v) is 9.45. The molecular weight excluding hydrogens is 452 g/mol. The van der Waals surface area contributed by atoms with Gasteiger partial charge in [-0.05, 0) is 78.8 Å². The van der Waals surface area contributed by atoms with Crippen molar-refractivity contribution in [2.75, 3.05) is 6.61 Å². The topological polar surface area (TPSA) is 9.23 Å². The van der Waals surface area contributed by atoms with Crippen molar-refractivity contribution in [1.82, 2.24) is 0 Å². The largest absolute Gasteiger partial charge is 0.484 e. The van der Waals surface area contributed by atoms with Gasteiger partial charge in [0.15, 0.2) is 6.61 Å². The summed E-state index contributed by atoms with van der Waals surface area (Å²) in [6.45, 7) is 0.900. The zero-order chi connectivity index (χ0) is 24.8. The molecular formula is C30H30F4O. The molecule has 1 aliphatic carbocycles. The molecule has 0 bridgehead atoms. The summed E-state index contributed by atoms with van der Waals surface area (Å²) in [7, 11) is 0. The van der Waals surface area contributed by atoms with Gasteiger partial charge in [0.2, 0.25) is 0 Å². The first-order valence-electron chi connectivity index (χ1n) is 12.4. The fourth-order valence-electron chi connectivity index (χ4n) is 4.88. The van der Waals surface area contributed by atoms with Crippen LogP contribution in [0.2, 0.25) is 0 Å². The summed E-state index contributed by atoms with van der Waals surface area (Å²) in [6, 6.07) is 15.6. The van der Waals surface area contributed by atoms with Gasteiger partial charge in [-0.15, -0.1) is 0 Å². The van der Waals surface area contributed by atoms with Gasteiger partial charge in [0, 0.05) is 10.9 Å². The first kappa shape index (κ1) is 25.1. The van der Waals surface area contributed by atoms with Crippen molar-refractivity contribution >= 4 is 10.8 Å². The Hall–Kier alpha value is -3.00. The smallest absolute Gasteiger partial charge is 0.422 e. The minimum Gasteiger partial charge on any atom is -0.484 e. The Labute approximate surface area is 204 Å². The van der Waals surface area contributed by atoms with E-state index in [2.05, 4.69) is 30.9 Å². The lowest BCUT2D eigenvalue weighted by Gasteiger charge is -2.29. The molecule has 0 heterocycles. The van der Waals surface area contributed by atoms with E-state index < -0.39 is 12.8 Å². The Morgan fingerprint density at radius 2 is 1.66 bits per heavy atom. The van der Waals surface area contributed by atoms with Crippen LogP contribution in [0.25, 0.3) is 10.8 Å². The molecule has 0 spiro atoms. The van der Waals surface area contributed by atoms with Crippen molar-refractivity contribution in [2.45, 2.75) is 64.0 Å². The zero-order valence-corrected chi connectivity index (χ0v) is 19.9. The summed E-state index contributed by atoms with van der Waals surface area (Å²) >= 11 is 0. The summed E-state index contributed by atoms with van der Waals surface area (Å²) < 4.78 is 56.6. The summed E-state index contributed by atoms with van der Waals surface area (Å²) in [4.78, 5) is 0. The monoisotopic (exact) mass is 482 g/mol. The van der Waals surface area contributed by atoms with Crippen LogP contribution in [-0.4, -0.2) is 12.8 Å². The Morgan fingerprint density at radius 3 is 2.34 bits per heavy atom. The van der Waals surface area contributed by atoms with Crippen LogP contribution in [0.4, 0.5) is 17.6 Å². The molecule has 0 aliphatic heterocycles. The lowest BCUT2D eigenvalue weighted by molar-refractivity contribution is -0.153. The first-order valence-corrected chi connectivity index (χ1v) is 12.4. The number of hydrogen-bond acceptors (Lipinski definition) is 1. The molecule has 5 heteroatoms. The molecule has 0 amide bonds. The number of unbranched alkanes of at least 4 members (excludes halogenated alkanes) is 1. The highest BCUT2D eigenvalue weighted by Gasteiger charge is 2.28. The van der Waals surface area contributed by atoms with Crippen LogP contribution >= 0.6 is 0 Å². The fourth-order valence-corrected chi connectivity index (χ4v) is 4.88. The molecule has 184 valence electrons. The van der Waals surface area contributed by atoms with Crippen LogP contribution in [-0.2, 0) is 0 Å². The summed E-state index contributed by atoms with van der Waals surface area (Å²) in [5, 5.41) is 1.43. The quantitative estimate of drug-likeness (QED) is 0.252. The zero-order valence-electron chi connectivity index (χ0n) is 19.9. The molecule has 4 rings (SSSR count). The highest BCUT2D eigenvalue weighted by Crippen LogP contribution is 2.38. The molecule has 3 aromatic rings. The number of benzene rings is 3. The molecule has 0 saturated heterocycles. The third-order valence-electron chi connectivity index (χ3n) is 6.86. The molecule has 1 nitrogen and oxygen atoms in total. The summed E-state index contributed by atoms with van der Waals surface area (Å²) in [5.74, 6) is 6.89. The predicted molar refractivity (Wildman–Crippen MR) is 132 cm³/mol. The second kappa shape index (κ2) is 11.2. The lowest BCUT2D eigenvalue weighted by Crippen LogP contribution is -2.19. The molecule has 1 saturated carbocycles. The number of halogens is 4. The van der Waals surface area contributed by atoms with E-state index in [4.69, 9.17) is 4.74 Å². The van der Waals surface area contributed by atoms with Gasteiger partial charge in [-0.1, -0.05) is 62.3 Å². The second-order valence-electron chi connectivity index (χ2n) is 9.45. The van der Waals surface area contributed by atoms with E-state index in [1.54, 1.807) is 18.2 Å². The third kappa shape index (κ3) is 6.78. The lowest BCUT2D eigenvalue weighted by atomic mass is 9.77. The highest BCUT2D eigenvalue weighted by molar-refractivity contribution is 5.85. The highest BCUT2D eigenvalue weighted by atomic mass is 19.4.